The van der Waals surface area contributed by atoms with E-state index in [1.54, 1.807) is 0 Å². The summed E-state index contributed by atoms with van der Waals surface area (Å²) in [5.74, 6) is 1.42. The first-order chi connectivity index (χ1) is 6.63. The Balaban J connectivity index is 2.78. The third-order valence-electron chi connectivity index (χ3n) is 2.26. The highest BCUT2D eigenvalue weighted by molar-refractivity contribution is 5.04. The zero-order valence-electron chi connectivity index (χ0n) is 9.49. The van der Waals surface area contributed by atoms with Crippen molar-refractivity contribution in [2.45, 2.75) is 26.2 Å². The van der Waals surface area contributed by atoms with Gasteiger partial charge in [0.05, 0.1) is 0 Å². The monoisotopic (exact) mass is 193 g/mol. The molecule has 0 saturated heterocycles. The molecule has 14 heavy (non-hydrogen) atoms. The van der Waals surface area contributed by atoms with Gasteiger partial charge in [0.1, 0.15) is 5.82 Å². The zero-order chi connectivity index (χ0) is 10.6. The van der Waals surface area contributed by atoms with Gasteiger partial charge < -0.3 is 4.90 Å². The molecule has 0 aliphatic carbocycles. The molecule has 1 heterocycles. The maximum absolute atomic E-state index is 4.46. The molecule has 0 radical (unpaired) electrons. The average Bonchev–Trinajstić information content (AvgIpc) is 2.14. The third kappa shape index (κ3) is 3.07. The predicted molar refractivity (Wildman–Crippen MR) is 58.4 cm³/mol. The number of likely N-dealkylation sites (N-methyl/N-ethyl adjacent to an activating group) is 1. The molecule has 0 spiro atoms. The van der Waals surface area contributed by atoms with Crippen LogP contribution in [0.4, 0.5) is 0 Å². The van der Waals surface area contributed by atoms with Gasteiger partial charge in [-0.15, -0.1) is 0 Å². The lowest BCUT2D eigenvalue weighted by Gasteiger charge is -2.18. The van der Waals surface area contributed by atoms with Crippen LogP contribution in [-0.2, 0) is 0 Å². The van der Waals surface area contributed by atoms with E-state index >= 15 is 0 Å². The van der Waals surface area contributed by atoms with Crippen LogP contribution < -0.4 is 0 Å². The Morgan fingerprint density at radius 1 is 1.43 bits per heavy atom. The first kappa shape index (κ1) is 11.1. The second-order valence-corrected chi connectivity index (χ2v) is 3.92. The molecular weight excluding hydrogens is 174 g/mol. The van der Waals surface area contributed by atoms with Crippen LogP contribution in [0.25, 0.3) is 0 Å². The Kier molecular flexibility index (Phi) is 4.01. The third-order valence-corrected chi connectivity index (χ3v) is 2.26. The van der Waals surface area contributed by atoms with Crippen molar-refractivity contribution in [2.24, 2.45) is 0 Å². The second-order valence-electron chi connectivity index (χ2n) is 3.92. The molecular formula is C11H19N3. The average molecular weight is 193 g/mol. The Morgan fingerprint density at radius 2 is 2.14 bits per heavy atom. The molecule has 0 aliphatic rings. The minimum absolute atomic E-state index is 0.449. The summed E-state index contributed by atoms with van der Waals surface area (Å²) >= 11 is 0. The van der Waals surface area contributed by atoms with Gasteiger partial charge in [-0.05, 0) is 33.5 Å². The first-order valence-electron chi connectivity index (χ1n) is 5.07. The van der Waals surface area contributed by atoms with Gasteiger partial charge in [0.25, 0.3) is 0 Å². The van der Waals surface area contributed by atoms with Crippen molar-refractivity contribution < 1.29 is 0 Å². The van der Waals surface area contributed by atoms with Gasteiger partial charge in [-0.2, -0.15) is 0 Å². The van der Waals surface area contributed by atoms with E-state index < -0.39 is 0 Å². The highest BCUT2D eigenvalue weighted by atomic mass is 15.1. The van der Waals surface area contributed by atoms with Gasteiger partial charge in [0.15, 0.2) is 0 Å². The van der Waals surface area contributed by atoms with Crippen LogP contribution in [0.5, 0.6) is 0 Å². The molecule has 1 aromatic heterocycles. The molecule has 1 atom stereocenters. The number of aromatic nitrogens is 2. The summed E-state index contributed by atoms with van der Waals surface area (Å²) in [4.78, 5) is 11.0. The number of nitrogens with zero attached hydrogens (tertiary/aromatic N) is 3. The molecule has 0 aliphatic heterocycles. The van der Waals surface area contributed by atoms with E-state index in [0.717, 1.165) is 24.5 Å². The van der Waals surface area contributed by atoms with Crippen molar-refractivity contribution in [1.29, 1.82) is 0 Å². The lowest BCUT2D eigenvalue weighted by molar-refractivity contribution is 0.361. The van der Waals surface area contributed by atoms with Crippen molar-refractivity contribution in [3.63, 3.8) is 0 Å². The fraction of sp³-hybridized carbons (Fsp3) is 0.636. The summed E-state index contributed by atoms with van der Waals surface area (Å²) in [6.45, 7) is 5.20. The van der Waals surface area contributed by atoms with Gasteiger partial charge >= 0.3 is 0 Å². The summed E-state index contributed by atoms with van der Waals surface area (Å²) in [6.07, 6.45) is 2.93. The molecule has 0 bridgehead atoms. The number of rotatable bonds is 4. The maximum atomic E-state index is 4.46. The SMILES string of the molecule is CCC(CN(C)C)c1nccc(C)n1. The number of hydrogen-bond acceptors (Lipinski definition) is 3. The largest absolute Gasteiger partial charge is 0.309 e. The van der Waals surface area contributed by atoms with E-state index in [-0.39, 0.29) is 0 Å². The van der Waals surface area contributed by atoms with E-state index in [0.29, 0.717) is 5.92 Å². The van der Waals surface area contributed by atoms with E-state index in [4.69, 9.17) is 0 Å². The van der Waals surface area contributed by atoms with Gasteiger partial charge in [0, 0.05) is 24.4 Å². The number of aryl methyl sites for hydroxylation is 1. The van der Waals surface area contributed by atoms with Crippen LogP contribution in [0, 0.1) is 6.92 Å². The topological polar surface area (TPSA) is 29.0 Å². The molecule has 0 amide bonds. The maximum Gasteiger partial charge on any atom is 0.132 e. The minimum atomic E-state index is 0.449. The molecule has 0 N–H and O–H groups in total. The van der Waals surface area contributed by atoms with Crippen LogP contribution in [-0.4, -0.2) is 35.5 Å². The lowest BCUT2D eigenvalue weighted by atomic mass is 10.1. The Hall–Kier alpha value is -0.960. The van der Waals surface area contributed by atoms with Crippen LogP contribution in [0.1, 0.15) is 30.8 Å². The quantitative estimate of drug-likeness (QED) is 0.730. The van der Waals surface area contributed by atoms with Gasteiger partial charge in [0.2, 0.25) is 0 Å². The molecule has 1 rings (SSSR count). The minimum Gasteiger partial charge on any atom is -0.309 e. The van der Waals surface area contributed by atoms with Gasteiger partial charge in [-0.25, -0.2) is 9.97 Å². The fourth-order valence-corrected chi connectivity index (χ4v) is 1.50. The van der Waals surface area contributed by atoms with Crippen molar-refractivity contribution in [3.8, 4) is 0 Å². The Labute approximate surface area is 86.2 Å². The normalized spacial score (nSPS) is 13.2. The Bertz CT molecular complexity index is 284. The lowest BCUT2D eigenvalue weighted by Crippen LogP contribution is -2.21. The standard InChI is InChI=1S/C11H19N3/c1-5-10(8-14(3)4)11-12-7-6-9(2)13-11/h6-7,10H,5,8H2,1-4H3. The molecule has 1 unspecified atom stereocenters. The van der Waals surface area contributed by atoms with Gasteiger partial charge in [-0.3, -0.25) is 0 Å². The molecule has 0 fully saturated rings. The molecule has 0 saturated carbocycles. The number of hydrogen-bond donors (Lipinski definition) is 0. The fourth-order valence-electron chi connectivity index (χ4n) is 1.50. The van der Waals surface area contributed by atoms with Crippen molar-refractivity contribution >= 4 is 0 Å². The smallest absolute Gasteiger partial charge is 0.132 e. The predicted octanol–water partition coefficient (Wildman–Crippen LogP) is 1.84. The summed E-state index contributed by atoms with van der Waals surface area (Å²) in [6, 6.07) is 1.94. The first-order valence-corrected chi connectivity index (χ1v) is 5.07. The van der Waals surface area contributed by atoms with Crippen LogP contribution in [0.2, 0.25) is 0 Å². The zero-order valence-corrected chi connectivity index (χ0v) is 9.49. The van der Waals surface area contributed by atoms with Gasteiger partial charge in [-0.1, -0.05) is 6.92 Å². The second kappa shape index (κ2) is 5.05. The van der Waals surface area contributed by atoms with Crippen LogP contribution in [0.3, 0.4) is 0 Å². The molecule has 78 valence electrons. The highest BCUT2D eigenvalue weighted by Gasteiger charge is 2.12. The van der Waals surface area contributed by atoms with Crippen molar-refractivity contribution in [3.05, 3.63) is 23.8 Å². The van der Waals surface area contributed by atoms with E-state index in [1.165, 1.54) is 0 Å². The van der Waals surface area contributed by atoms with Crippen molar-refractivity contribution in [2.75, 3.05) is 20.6 Å². The Morgan fingerprint density at radius 3 is 2.64 bits per heavy atom. The molecule has 3 nitrogen and oxygen atoms in total. The summed E-state index contributed by atoms with van der Waals surface area (Å²) in [5.41, 5.74) is 1.05. The van der Waals surface area contributed by atoms with Crippen LogP contribution >= 0.6 is 0 Å². The summed E-state index contributed by atoms with van der Waals surface area (Å²) in [5, 5.41) is 0. The highest BCUT2D eigenvalue weighted by Crippen LogP contribution is 2.15. The van der Waals surface area contributed by atoms with E-state index in [1.807, 2.05) is 19.2 Å². The van der Waals surface area contributed by atoms with Crippen LogP contribution in [0.15, 0.2) is 12.3 Å². The molecule has 3 heteroatoms. The molecule has 1 aromatic rings. The van der Waals surface area contributed by atoms with E-state index in [2.05, 4.69) is 35.9 Å². The summed E-state index contributed by atoms with van der Waals surface area (Å²) in [7, 11) is 4.16. The van der Waals surface area contributed by atoms with Crippen molar-refractivity contribution in [1.82, 2.24) is 14.9 Å². The summed E-state index contributed by atoms with van der Waals surface area (Å²) < 4.78 is 0. The molecule has 0 aromatic carbocycles. The van der Waals surface area contributed by atoms with E-state index in [9.17, 15) is 0 Å².